The Morgan fingerprint density at radius 1 is 1.18 bits per heavy atom. The van der Waals surface area contributed by atoms with Crippen molar-refractivity contribution in [3.63, 3.8) is 0 Å². The van der Waals surface area contributed by atoms with E-state index >= 15 is 0 Å². The molecule has 1 aromatic heterocycles. The van der Waals surface area contributed by atoms with Crippen LogP contribution in [0.25, 0.3) is 0 Å². The molecule has 1 aromatic rings. The zero-order valence-electron chi connectivity index (χ0n) is 16.4. The highest BCUT2D eigenvalue weighted by molar-refractivity contribution is 14.0. The minimum Gasteiger partial charge on any atom is -0.469 e. The molecule has 3 saturated heterocycles. The van der Waals surface area contributed by atoms with E-state index in [0.717, 1.165) is 75.9 Å². The summed E-state index contributed by atoms with van der Waals surface area (Å²) in [5, 5.41) is 7.36. The number of nitrogens with zero attached hydrogens (tertiary/aromatic N) is 1. The Morgan fingerprint density at radius 2 is 2.00 bits per heavy atom. The van der Waals surface area contributed by atoms with Gasteiger partial charge in [-0.15, -0.1) is 24.0 Å². The standard InChI is InChI=1S/C20H31N3O3S.HI/c1-2-18(25-9-1)3-8-21-19(22-16-4-10-24-11-5-16)23-17-6-12-26-20(14-17)7-13-27-15-20;/h1-2,9,16-17H,3-8,10-15H2,(H2,21,22,23);1H. The predicted molar refractivity (Wildman–Crippen MR) is 124 cm³/mol. The fourth-order valence-corrected chi connectivity index (χ4v) is 5.49. The lowest BCUT2D eigenvalue weighted by molar-refractivity contribution is -0.0679. The molecule has 3 aliphatic rings. The number of guanidine groups is 1. The third-order valence-corrected chi connectivity index (χ3v) is 6.89. The maximum atomic E-state index is 6.17. The topological polar surface area (TPSA) is 68.0 Å². The van der Waals surface area contributed by atoms with Crippen LogP contribution in [-0.4, -0.2) is 61.5 Å². The van der Waals surface area contributed by atoms with E-state index in [1.54, 1.807) is 6.26 Å². The molecule has 0 radical (unpaired) electrons. The normalized spacial score (nSPS) is 28.9. The molecule has 4 heterocycles. The highest BCUT2D eigenvalue weighted by atomic mass is 127. The number of hydrogen-bond acceptors (Lipinski definition) is 5. The summed E-state index contributed by atoms with van der Waals surface area (Å²) in [6.45, 7) is 3.22. The van der Waals surface area contributed by atoms with Gasteiger partial charge in [0.25, 0.3) is 0 Å². The number of rotatable bonds is 5. The van der Waals surface area contributed by atoms with Gasteiger partial charge in [-0.2, -0.15) is 11.8 Å². The van der Waals surface area contributed by atoms with Crippen LogP contribution < -0.4 is 10.6 Å². The molecule has 8 heteroatoms. The minimum atomic E-state index is 0. The molecule has 1 spiro atoms. The molecule has 2 unspecified atom stereocenters. The van der Waals surface area contributed by atoms with Gasteiger partial charge in [-0.1, -0.05) is 0 Å². The van der Waals surface area contributed by atoms with Gasteiger partial charge in [-0.05, 0) is 50.0 Å². The fraction of sp³-hybridized carbons (Fsp3) is 0.750. The van der Waals surface area contributed by atoms with Gasteiger partial charge < -0.3 is 24.5 Å². The first kappa shape index (κ1) is 22.2. The Balaban J connectivity index is 0.00000225. The first-order valence-corrected chi connectivity index (χ1v) is 11.4. The molecule has 0 amide bonds. The van der Waals surface area contributed by atoms with Crippen molar-refractivity contribution in [2.45, 2.75) is 56.2 Å². The van der Waals surface area contributed by atoms with Gasteiger partial charge >= 0.3 is 0 Å². The fourth-order valence-electron chi connectivity index (χ4n) is 4.11. The summed E-state index contributed by atoms with van der Waals surface area (Å²) in [5.74, 6) is 4.26. The number of thioether (sulfide) groups is 1. The summed E-state index contributed by atoms with van der Waals surface area (Å²) in [7, 11) is 0. The van der Waals surface area contributed by atoms with E-state index in [9.17, 15) is 0 Å². The average molecular weight is 521 g/mol. The first-order valence-electron chi connectivity index (χ1n) is 10.2. The van der Waals surface area contributed by atoms with Crippen LogP contribution in [0.3, 0.4) is 0 Å². The lowest BCUT2D eigenvalue weighted by Gasteiger charge is -2.39. The molecule has 4 rings (SSSR count). The van der Waals surface area contributed by atoms with E-state index in [-0.39, 0.29) is 29.6 Å². The quantitative estimate of drug-likeness (QED) is 0.353. The van der Waals surface area contributed by atoms with Crippen LogP contribution in [0, 0.1) is 0 Å². The molecular weight excluding hydrogens is 489 g/mol. The molecule has 2 atom stereocenters. The van der Waals surface area contributed by atoms with Crippen molar-refractivity contribution in [3.05, 3.63) is 24.2 Å². The summed E-state index contributed by atoms with van der Waals surface area (Å²) in [6, 6.07) is 4.80. The van der Waals surface area contributed by atoms with E-state index < -0.39 is 0 Å². The van der Waals surface area contributed by atoms with Crippen molar-refractivity contribution >= 4 is 41.7 Å². The third-order valence-electron chi connectivity index (χ3n) is 5.67. The van der Waals surface area contributed by atoms with Gasteiger partial charge in [0.2, 0.25) is 0 Å². The summed E-state index contributed by atoms with van der Waals surface area (Å²) < 4.78 is 17.1. The molecule has 6 nitrogen and oxygen atoms in total. The van der Waals surface area contributed by atoms with Crippen molar-refractivity contribution in [1.82, 2.24) is 10.6 Å². The van der Waals surface area contributed by atoms with Crippen molar-refractivity contribution in [2.75, 3.05) is 37.9 Å². The molecule has 2 N–H and O–H groups in total. The average Bonchev–Trinajstić information content (AvgIpc) is 3.35. The van der Waals surface area contributed by atoms with E-state index in [4.69, 9.17) is 18.9 Å². The van der Waals surface area contributed by atoms with Gasteiger partial charge in [0.05, 0.1) is 11.9 Å². The molecule has 0 saturated carbocycles. The van der Waals surface area contributed by atoms with Gasteiger partial charge in [0, 0.05) is 50.6 Å². The predicted octanol–water partition coefficient (Wildman–Crippen LogP) is 3.21. The number of ether oxygens (including phenoxy) is 2. The summed E-state index contributed by atoms with van der Waals surface area (Å²) in [4.78, 5) is 4.85. The second-order valence-corrected chi connectivity index (χ2v) is 8.86. The molecule has 3 aliphatic heterocycles. The highest BCUT2D eigenvalue weighted by Crippen LogP contribution is 2.38. The van der Waals surface area contributed by atoms with Crippen LogP contribution in [0.2, 0.25) is 0 Å². The van der Waals surface area contributed by atoms with Crippen LogP contribution in [0.1, 0.15) is 37.9 Å². The van der Waals surface area contributed by atoms with Crippen LogP contribution in [0.4, 0.5) is 0 Å². The van der Waals surface area contributed by atoms with Crippen LogP contribution in [0.15, 0.2) is 27.8 Å². The Hall–Kier alpha value is -0.450. The monoisotopic (exact) mass is 521 g/mol. The summed E-state index contributed by atoms with van der Waals surface area (Å²) in [5.41, 5.74) is 0.0819. The maximum Gasteiger partial charge on any atom is 0.191 e. The van der Waals surface area contributed by atoms with E-state index in [1.807, 2.05) is 23.9 Å². The Morgan fingerprint density at radius 3 is 2.75 bits per heavy atom. The number of hydrogen-bond donors (Lipinski definition) is 2. The molecule has 158 valence electrons. The van der Waals surface area contributed by atoms with Crippen molar-refractivity contribution in [2.24, 2.45) is 4.99 Å². The minimum absolute atomic E-state index is 0. The van der Waals surface area contributed by atoms with E-state index in [2.05, 4.69) is 10.6 Å². The molecule has 0 bridgehead atoms. The lowest BCUT2D eigenvalue weighted by atomic mass is 9.90. The Labute approximate surface area is 189 Å². The second-order valence-electron chi connectivity index (χ2n) is 7.76. The van der Waals surface area contributed by atoms with Crippen molar-refractivity contribution < 1.29 is 13.9 Å². The number of furan rings is 1. The molecule has 28 heavy (non-hydrogen) atoms. The summed E-state index contributed by atoms with van der Waals surface area (Å²) in [6.07, 6.45) is 7.90. The Kier molecular flexibility index (Phi) is 8.80. The largest absolute Gasteiger partial charge is 0.469 e. The SMILES string of the molecule is I.c1coc(CCN=C(NC2CCOCC2)NC2CCOC3(CCSC3)C2)c1. The first-order chi connectivity index (χ1) is 13.3. The lowest BCUT2D eigenvalue weighted by Crippen LogP contribution is -2.53. The smallest absolute Gasteiger partial charge is 0.191 e. The zero-order valence-corrected chi connectivity index (χ0v) is 19.5. The second kappa shape index (κ2) is 11.1. The van der Waals surface area contributed by atoms with E-state index in [0.29, 0.717) is 12.1 Å². The van der Waals surface area contributed by atoms with Gasteiger partial charge in [-0.3, -0.25) is 4.99 Å². The van der Waals surface area contributed by atoms with Crippen LogP contribution in [0.5, 0.6) is 0 Å². The van der Waals surface area contributed by atoms with Gasteiger partial charge in [0.1, 0.15) is 5.76 Å². The Bertz CT molecular complexity index is 602. The van der Waals surface area contributed by atoms with Gasteiger partial charge in [0.15, 0.2) is 5.96 Å². The molecular formula is C20H32IN3O3S. The van der Waals surface area contributed by atoms with Crippen LogP contribution in [-0.2, 0) is 15.9 Å². The third kappa shape index (κ3) is 6.27. The number of aliphatic imine (C=N–C) groups is 1. The van der Waals surface area contributed by atoms with Crippen LogP contribution >= 0.6 is 35.7 Å². The van der Waals surface area contributed by atoms with E-state index in [1.165, 1.54) is 12.2 Å². The van der Waals surface area contributed by atoms with Gasteiger partial charge in [-0.25, -0.2) is 0 Å². The zero-order chi connectivity index (χ0) is 18.4. The number of halogens is 1. The molecule has 3 fully saturated rings. The molecule has 0 aliphatic carbocycles. The number of nitrogens with one attached hydrogen (secondary N) is 2. The maximum absolute atomic E-state index is 6.17. The highest BCUT2D eigenvalue weighted by Gasteiger charge is 2.40. The molecule has 0 aromatic carbocycles. The van der Waals surface area contributed by atoms with Crippen molar-refractivity contribution in [1.29, 1.82) is 0 Å². The van der Waals surface area contributed by atoms with Crippen molar-refractivity contribution in [3.8, 4) is 0 Å². The summed E-state index contributed by atoms with van der Waals surface area (Å²) >= 11 is 2.02.